The van der Waals surface area contributed by atoms with Crippen LogP contribution in [0.25, 0.3) is 28.3 Å². The smallest absolute Gasteiger partial charge is 0.179 e. The molecule has 2 aromatic carbocycles. The van der Waals surface area contributed by atoms with Gasteiger partial charge in [-0.25, -0.2) is 18.4 Å². The Labute approximate surface area is 184 Å². The van der Waals surface area contributed by atoms with Gasteiger partial charge in [0.05, 0.1) is 11.4 Å². The monoisotopic (exact) mass is 432 g/mol. The number of benzene rings is 2. The molecule has 4 heterocycles. The summed E-state index contributed by atoms with van der Waals surface area (Å²) in [6.45, 7) is 2.60. The summed E-state index contributed by atoms with van der Waals surface area (Å²) in [5, 5.41) is 7.83. The van der Waals surface area contributed by atoms with Crippen molar-refractivity contribution in [2.45, 2.75) is 19.0 Å². The molecule has 1 N–H and O–H groups in total. The van der Waals surface area contributed by atoms with Gasteiger partial charge < -0.3 is 14.8 Å². The molecule has 0 aliphatic carbocycles. The summed E-state index contributed by atoms with van der Waals surface area (Å²) >= 11 is 0. The van der Waals surface area contributed by atoms with Crippen LogP contribution in [0.2, 0.25) is 0 Å². The molecule has 4 aromatic rings. The molecule has 2 aliphatic rings. The fraction of sp³-hybridized carbons (Fsp3) is 0.250. The average Bonchev–Trinajstić information content (AvgIpc) is 3.52. The van der Waals surface area contributed by atoms with Crippen molar-refractivity contribution in [1.82, 2.24) is 24.6 Å². The molecule has 1 atom stereocenters. The van der Waals surface area contributed by atoms with E-state index >= 15 is 0 Å². The zero-order valence-electron chi connectivity index (χ0n) is 17.6. The van der Waals surface area contributed by atoms with Gasteiger partial charge in [-0.1, -0.05) is 0 Å². The van der Waals surface area contributed by atoms with Gasteiger partial charge in [0.25, 0.3) is 0 Å². The first-order valence-corrected chi connectivity index (χ1v) is 10.7. The molecule has 2 aliphatic heterocycles. The van der Waals surface area contributed by atoms with Crippen LogP contribution in [0.1, 0.15) is 12.0 Å². The fourth-order valence-electron chi connectivity index (χ4n) is 4.81. The number of fused-ring (bicyclic) bond motifs is 5. The molecule has 0 spiro atoms. The Kier molecular flexibility index (Phi) is 4.36. The van der Waals surface area contributed by atoms with Gasteiger partial charge in [0.2, 0.25) is 0 Å². The quantitative estimate of drug-likeness (QED) is 0.471. The Bertz CT molecular complexity index is 1320. The minimum atomic E-state index is -0.587. The molecular formula is C24H22F2N6. The molecule has 162 valence electrons. The van der Waals surface area contributed by atoms with Crippen LogP contribution in [-0.2, 0) is 6.54 Å². The maximum atomic E-state index is 14.4. The van der Waals surface area contributed by atoms with Gasteiger partial charge in [-0.15, -0.1) is 0 Å². The van der Waals surface area contributed by atoms with Crippen molar-refractivity contribution in [2.75, 3.05) is 25.0 Å². The van der Waals surface area contributed by atoms with E-state index in [1.165, 1.54) is 24.1 Å². The zero-order chi connectivity index (χ0) is 21.8. The van der Waals surface area contributed by atoms with Crippen molar-refractivity contribution in [3.05, 3.63) is 72.2 Å². The third kappa shape index (κ3) is 3.02. The van der Waals surface area contributed by atoms with Crippen molar-refractivity contribution in [2.24, 2.45) is 0 Å². The minimum Gasteiger partial charge on any atom is -0.370 e. The second-order valence-corrected chi connectivity index (χ2v) is 8.39. The van der Waals surface area contributed by atoms with E-state index in [9.17, 15) is 8.78 Å². The Morgan fingerprint density at radius 1 is 1.09 bits per heavy atom. The molecule has 1 fully saturated rings. The maximum Gasteiger partial charge on any atom is 0.179 e. The summed E-state index contributed by atoms with van der Waals surface area (Å²) in [6, 6.07) is 12.5. The fourth-order valence-corrected chi connectivity index (χ4v) is 4.81. The summed E-state index contributed by atoms with van der Waals surface area (Å²) in [4.78, 5) is 6.87. The van der Waals surface area contributed by atoms with E-state index in [-0.39, 0.29) is 0 Å². The standard InChI is InChI=1S/C24H22F2N6/c1-27-18-6-7-30(13-18)19-3-5-22-16(8-19)12-31-11-15(20-4-2-17(25)10-21(20)26)9-23(31)24-28-14-29-32(22)24/h2-5,8-11,14,18,27H,6-7,12-13H2,1H3/t18-/m0/s1. The van der Waals surface area contributed by atoms with Crippen molar-refractivity contribution >= 4 is 5.69 Å². The van der Waals surface area contributed by atoms with Crippen LogP contribution in [0, 0.1) is 11.6 Å². The molecule has 0 amide bonds. The summed E-state index contributed by atoms with van der Waals surface area (Å²) in [5.41, 5.74) is 5.18. The number of nitrogens with zero attached hydrogens (tertiary/aromatic N) is 5. The maximum absolute atomic E-state index is 14.4. The number of rotatable bonds is 3. The van der Waals surface area contributed by atoms with Gasteiger partial charge in [0.15, 0.2) is 5.82 Å². The van der Waals surface area contributed by atoms with E-state index in [1.807, 2.05) is 24.0 Å². The highest BCUT2D eigenvalue weighted by Gasteiger charge is 2.25. The number of likely N-dealkylation sites (N-methyl/N-ethyl adjacent to an activating group) is 1. The predicted molar refractivity (Wildman–Crippen MR) is 119 cm³/mol. The highest BCUT2D eigenvalue weighted by atomic mass is 19.1. The second-order valence-electron chi connectivity index (χ2n) is 8.39. The van der Waals surface area contributed by atoms with Crippen LogP contribution in [0.3, 0.4) is 0 Å². The first-order chi connectivity index (χ1) is 15.6. The van der Waals surface area contributed by atoms with E-state index < -0.39 is 11.6 Å². The second kappa shape index (κ2) is 7.27. The molecule has 0 radical (unpaired) electrons. The highest BCUT2D eigenvalue weighted by molar-refractivity contribution is 5.72. The van der Waals surface area contributed by atoms with Crippen molar-refractivity contribution in [3.63, 3.8) is 0 Å². The van der Waals surface area contributed by atoms with Crippen molar-refractivity contribution in [1.29, 1.82) is 0 Å². The lowest BCUT2D eigenvalue weighted by Gasteiger charge is -2.20. The molecule has 32 heavy (non-hydrogen) atoms. The van der Waals surface area contributed by atoms with Gasteiger partial charge in [-0.2, -0.15) is 5.10 Å². The van der Waals surface area contributed by atoms with Crippen LogP contribution < -0.4 is 10.2 Å². The first kappa shape index (κ1) is 19.2. The van der Waals surface area contributed by atoms with E-state index in [0.717, 1.165) is 42.5 Å². The molecular weight excluding hydrogens is 410 g/mol. The molecule has 8 heteroatoms. The van der Waals surface area contributed by atoms with E-state index in [1.54, 1.807) is 0 Å². The van der Waals surface area contributed by atoms with E-state index in [4.69, 9.17) is 0 Å². The number of halogens is 2. The number of aromatic nitrogens is 4. The lowest BCUT2D eigenvalue weighted by molar-refractivity contribution is 0.585. The summed E-state index contributed by atoms with van der Waals surface area (Å²) in [6.07, 6.45) is 4.56. The SMILES string of the molecule is CN[C@H]1CCN(c2ccc3c(c2)Cn2cc(-c4ccc(F)cc4F)cc2-c2ncnn2-3)C1. The van der Waals surface area contributed by atoms with Crippen molar-refractivity contribution < 1.29 is 8.78 Å². The van der Waals surface area contributed by atoms with Crippen LogP contribution >= 0.6 is 0 Å². The molecule has 6 rings (SSSR count). The van der Waals surface area contributed by atoms with Gasteiger partial charge >= 0.3 is 0 Å². The van der Waals surface area contributed by atoms with E-state index in [0.29, 0.717) is 29.5 Å². The highest BCUT2D eigenvalue weighted by Crippen LogP contribution is 2.35. The Balaban J connectivity index is 1.44. The number of nitrogens with one attached hydrogen (secondary N) is 1. The van der Waals surface area contributed by atoms with Crippen LogP contribution in [0.15, 0.2) is 55.0 Å². The van der Waals surface area contributed by atoms with E-state index in [2.05, 4.69) is 43.1 Å². The molecule has 0 unspecified atom stereocenters. The molecule has 2 aromatic heterocycles. The average molecular weight is 432 g/mol. The van der Waals surface area contributed by atoms with Crippen molar-refractivity contribution in [3.8, 4) is 28.3 Å². The lowest BCUT2D eigenvalue weighted by atomic mass is 10.1. The molecule has 0 bridgehead atoms. The normalized spacial score (nSPS) is 17.1. The topological polar surface area (TPSA) is 50.9 Å². The van der Waals surface area contributed by atoms with Gasteiger partial charge in [0.1, 0.15) is 18.0 Å². The van der Waals surface area contributed by atoms with Crippen LogP contribution in [0.4, 0.5) is 14.5 Å². The Morgan fingerprint density at radius 3 is 2.81 bits per heavy atom. The summed E-state index contributed by atoms with van der Waals surface area (Å²) < 4.78 is 31.8. The van der Waals surface area contributed by atoms with Gasteiger partial charge in [-0.05, 0) is 55.4 Å². The summed E-state index contributed by atoms with van der Waals surface area (Å²) in [5.74, 6) is -0.472. The van der Waals surface area contributed by atoms with Gasteiger partial charge in [-0.3, -0.25) is 0 Å². The largest absolute Gasteiger partial charge is 0.370 e. The first-order valence-electron chi connectivity index (χ1n) is 10.7. The van der Waals surface area contributed by atoms with Gasteiger partial charge in [0, 0.05) is 54.8 Å². The number of anilines is 1. The number of hydrogen-bond donors (Lipinski definition) is 1. The zero-order valence-corrected chi connectivity index (χ0v) is 17.6. The summed E-state index contributed by atoms with van der Waals surface area (Å²) in [7, 11) is 2.01. The Morgan fingerprint density at radius 2 is 2.00 bits per heavy atom. The third-order valence-corrected chi connectivity index (χ3v) is 6.51. The van der Waals surface area contributed by atoms with Crippen LogP contribution in [0.5, 0.6) is 0 Å². The predicted octanol–water partition coefficient (Wildman–Crippen LogP) is 3.84. The Hall–Kier alpha value is -3.52. The molecule has 1 saturated heterocycles. The molecule has 6 nitrogen and oxygen atoms in total. The van der Waals surface area contributed by atoms with Crippen LogP contribution in [-0.4, -0.2) is 45.5 Å². The third-order valence-electron chi connectivity index (χ3n) is 6.51. The minimum absolute atomic E-state index is 0.363. The molecule has 0 saturated carbocycles. The lowest BCUT2D eigenvalue weighted by Crippen LogP contribution is -2.29. The number of hydrogen-bond acceptors (Lipinski definition) is 4.